The Hall–Kier alpha value is -4.33. The molecule has 1 aliphatic heterocycles. The van der Waals surface area contributed by atoms with Gasteiger partial charge in [-0.2, -0.15) is 4.98 Å². The summed E-state index contributed by atoms with van der Waals surface area (Å²) >= 11 is 0. The van der Waals surface area contributed by atoms with Crippen LogP contribution in [0.15, 0.2) is 82.6 Å². The number of carbonyl (C=O) groups is 1. The second kappa shape index (κ2) is 8.31. The number of para-hydroxylation sites is 2. The first-order chi connectivity index (χ1) is 16.0. The molecule has 2 N–H and O–H groups in total. The van der Waals surface area contributed by atoms with Gasteiger partial charge in [-0.05, 0) is 43.7 Å². The minimum atomic E-state index is -0.479. The highest BCUT2D eigenvalue weighted by Gasteiger charge is 2.35. The first-order valence-electron chi connectivity index (χ1n) is 10.5. The van der Waals surface area contributed by atoms with Crippen LogP contribution in [0.3, 0.4) is 0 Å². The number of allylic oxidation sites excluding steroid dienone is 1. The van der Waals surface area contributed by atoms with Gasteiger partial charge in [0, 0.05) is 5.70 Å². The van der Waals surface area contributed by atoms with Gasteiger partial charge in [0.2, 0.25) is 11.8 Å². The van der Waals surface area contributed by atoms with E-state index in [0.29, 0.717) is 40.2 Å². The van der Waals surface area contributed by atoms with E-state index in [0.717, 1.165) is 11.1 Å². The highest BCUT2D eigenvalue weighted by molar-refractivity contribution is 6.06. The molecule has 2 aromatic carbocycles. The number of carbonyl (C=O) groups excluding carboxylic acids is 1. The third-order valence-electron chi connectivity index (χ3n) is 5.59. The van der Waals surface area contributed by atoms with Crippen LogP contribution >= 0.6 is 0 Å². The molecule has 0 unspecified atom stereocenters. The molecule has 0 fully saturated rings. The molecule has 166 valence electrons. The van der Waals surface area contributed by atoms with Crippen LogP contribution in [-0.2, 0) is 4.79 Å². The lowest BCUT2D eigenvalue weighted by molar-refractivity contribution is -0.113. The minimum absolute atomic E-state index is 0.254. The maximum atomic E-state index is 13.6. The van der Waals surface area contributed by atoms with Crippen LogP contribution in [0.5, 0.6) is 5.75 Å². The van der Waals surface area contributed by atoms with Crippen molar-refractivity contribution in [1.82, 2.24) is 14.8 Å². The van der Waals surface area contributed by atoms with Crippen LogP contribution in [0.4, 0.5) is 11.6 Å². The first-order valence-corrected chi connectivity index (χ1v) is 10.5. The molecule has 2 aromatic heterocycles. The molecule has 0 saturated heterocycles. The van der Waals surface area contributed by atoms with Crippen molar-refractivity contribution < 1.29 is 13.9 Å². The van der Waals surface area contributed by atoms with Crippen LogP contribution in [0.25, 0.3) is 11.6 Å². The SMILES string of the molecule is COc1ccccc1NC(=O)C1=C(C)Nc2nc(-c3ccco3)nn2[C@H]1c1ccc(C)cc1. The number of methoxy groups -OCH3 is 1. The topological polar surface area (TPSA) is 94.2 Å². The Bertz CT molecular complexity index is 1340. The molecule has 5 rings (SSSR count). The fourth-order valence-electron chi connectivity index (χ4n) is 3.95. The van der Waals surface area contributed by atoms with E-state index in [2.05, 4.69) is 15.6 Å². The van der Waals surface area contributed by atoms with Crippen molar-refractivity contribution in [3.8, 4) is 17.3 Å². The number of nitrogens with one attached hydrogen (secondary N) is 2. The summed E-state index contributed by atoms with van der Waals surface area (Å²) in [7, 11) is 1.57. The average molecular weight is 441 g/mol. The number of benzene rings is 2. The van der Waals surface area contributed by atoms with E-state index >= 15 is 0 Å². The van der Waals surface area contributed by atoms with Crippen molar-refractivity contribution >= 4 is 17.5 Å². The number of aromatic nitrogens is 3. The van der Waals surface area contributed by atoms with Crippen LogP contribution in [-0.4, -0.2) is 27.8 Å². The van der Waals surface area contributed by atoms with Crippen molar-refractivity contribution in [3.05, 3.63) is 89.3 Å². The lowest BCUT2D eigenvalue weighted by Crippen LogP contribution is -2.31. The molecule has 0 saturated carbocycles. The van der Waals surface area contributed by atoms with Gasteiger partial charge in [-0.3, -0.25) is 4.79 Å². The Morgan fingerprint density at radius 3 is 2.61 bits per heavy atom. The Morgan fingerprint density at radius 2 is 1.88 bits per heavy atom. The molecular formula is C25H23N5O3. The Morgan fingerprint density at radius 1 is 1.09 bits per heavy atom. The predicted molar refractivity (Wildman–Crippen MR) is 125 cm³/mol. The third kappa shape index (κ3) is 3.76. The summed E-state index contributed by atoms with van der Waals surface area (Å²) in [5, 5.41) is 10.9. The largest absolute Gasteiger partial charge is 0.495 e. The van der Waals surface area contributed by atoms with Crippen LogP contribution in [0, 0.1) is 6.92 Å². The van der Waals surface area contributed by atoms with Crippen molar-refractivity contribution in [2.75, 3.05) is 17.7 Å². The monoisotopic (exact) mass is 441 g/mol. The zero-order chi connectivity index (χ0) is 22.9. The zero-order valence-electron chi connectivity index (χ0n) is 18.5. The molecule has 0 aliphatic carbocycles. The highest BCUT2D eigenvalue weighted by Crippen LogP contribution is 2.37. The molecule has 1 aliphatic rings. The van der Waals surface area contributed by atoms with Gasteiger partial charge in [0.1, 0.15) is 11.8 Å². The predicted octanol–water partition coefficient (Wildman–Crippen LogP) is 4.78. The number of anilines is 2. The lowest BCUT2D eigenvalue weighted by atomic mass is 9.94. The van der Waals surface area contributed by atoms with E-state index in [4.69, 9.17) is 14.3 Å². The number of furan rings is 1. The van der Waals surface area contributed by atoms with Gasteiger partial charge in [0.25, 0.3) is 5.91 Å². The normalized spacial score (nSPS) is 15.1. The summed E-state index contributed by atoms with van der Waals surface area (Å²) < 4.78 is 12.6. The van der Waals surface area contributed by atoms with Crippen molar-refractivity contribution in [3.63, 3.8) is 0 Å². The number of ether oxygens (including phenoxy) is 1. The van der Waals surface area contributed by atoms with E-state index in [1.807, 2.05) is 50.2 Å². The van der Waals surface area contributed by atoms with E-state index in [9.17, 15) is 4.79 Å². The summed E-state index contributed by atoms with van der Waals surface area (Å²) in [6, 6.07) is 18.5. The number of rotatable bonds is 5. The van der Waals surface area contributed by atoms with Gasteiger partial charge in [0.15, 0.2) is 5.76 Å². The van der Waals surface area contributed by atoms with Crippen molar-refractivity contribution in [2.24, 2.45) is 0 Å². The van der Waals surface area contributed by atoms with Gasteiger partial charge >= 0.3 is 0 Å². The molecule has 1 amide bonds. The maximum Gasteiger partial charge on any atom is 0.255 e. The molecule has 4 aromatic rings. The summed E-state index contributed by atoms with van der Waals surface area (Å²) in [4.78, 5) is 18.2. The summed E-state index contributed by atoms with van der Waals surface area (Å²) in [5.74, 6) is 1.87. The van der Waals surface area contributed by atoms with E-state index in [-0.39, 0.29) is 5.91 Å². The minimum Gasteiger partial charge on any atom is -0.495 e. The fourth-order valence-corrected chi connectivity index (χ4v) is 3.95. The number of aryl methyl sites for hydroxylation is 1. The Balaban J connectivity index is 1.60. The van der Waals surface area contributed by atoms with Crippen molar-refractivity contribution in [2.45, 2.75) is 19.9 Å². The molecule has 8 nitrogen and oxygen atoms in total. The van der Waals surface area contributed by atoms with Crippen molar-refractivity contribution in [1.29, 1.82) is 0 Å². The van der Waals surface area contributed by atoms with E-state index in [1.165, 1.54) is 0 Å². The molecule has 3 heterocycles. The number of nitrogens with zero attached hydrogens (tertiary/aromatic N) is 3. The zero-order valence-corrected chi connectivity index (χ0v) is 18.5. The number of hydrogen-bond acceptors (Lipinski definition) is 6. The molecule has 0 spiro atoms. The second-order valence-electron chi connectivity index (χ2n) is 7.81. The van der Waals surface area contributed by atoms with Gasteiger partial charge in [0.05, 0.1) is 24.6 Å². The van der Waals surface area contributed by atoms with Gasteiger partial charge < -0.3 is 19.8 Å². The third-order valence-corrected chi connectivity index (χ3v) is 5.59. The van der Waals surface area contributed by atoms with Gasteiger partial charge in [-0.15, -0.1) is 5.10 Å². The summed E-state index contributed by atoms with van der Waals surface area (Å²) in [5.41, 5.74) is 3.87. The molecule has 8 heteroatoms. The van der Waals surface area contributed by atoms with E-state index in [1.54, 1.807) is 42.3 Å². The first kappa shape index (κ1) is 20.6. The number of amides is 1. The smallest absolute Gasteiger partial charge is 0.255 e. The second-order valence-corrected chi connectivity index (χ2v) is 7.81. The standard InChI is InChI=1S/C25H23N5O3/c1-15-10-12-17(13-11-15)22-21(24(31)27-18-7-4-5-8-19(18)32-3)16(2)26-25-28-23(29-30(22)25)20-9-6-14-33-20/h4-14,22H,1-3H3,(H,27,31)(H,26,28,29)/t22-/m0/s1. The van der Waals surface area contributed by atoms with Gasteiger partial charge in [-0.25, -0.2) is 4.68 Å². The average Bonchev–Trinajstić information content (AvgIpc) is 3.49. The summed E-state index contributed by atoms with van der Waals surface area (Å²) in [6.45, 7) is 3.89. The quantitative estimate of drug-likeness (QED) is 0.463. The molecule has 0 bridgehead atoms. The van der Waals surface area contributed by atoms with Crippen LogP contribution in [0.1, 0.15) is 24.1 Å². The van der Waals surface area contributed by atoms with E-state index < -0.39 is 6.04 Å². The molecule has 33 heavy (non-hydrogen) atoms. The van der Waals surface area contributed by atoms with Crippen LogP contribution < -0.4 is 15.4 Å². The van der Waals surface area contributed by atoms with Crippen LogP contribution in [0.2, 0.25) is 0 Å². The highest BCUT2D eigenvalue weighted by atomic mass is 16.5. The number of fused-ring (bicyclic) bond motifs is 1. The Labute approximate surface area is 190 Å². The lowest BCUT2D eigenvalue weighted by Gasteiger charge is -2.29. The summed E-state index contributed by atoms with van der Waals surface area (Å²) in [6.07, 6.45) is 1.58. The van der Waals surface area contributed by atoms with Gasteiger partial charge in [-0.1, -0.05) is 42.0 Å². The Kier molecular flexibility index (Phi) is 5.18. The maximum absolute atomic E-state index is 13.6. The number of hydrogen-bond donors (Lipinski definition) is 2. The molecular weight excluding hydrogens is 418 g/mol. The fraction of sp³-hybridized carbons (Fsp3) is 0.160. The molecule has 1 atom stereocenters. The molecule has 0 radical (unpaired) electrons.